The minimum atomic E-state index is -0.189. The molecule has 0 aromatic heterocycles. The van der Waals surface area contributed by atoms with Gasteiger partial charge in [-0.15, -0.1) is 0 Å². The Balaban J connectivity index is 2.24. The lowest BCUT2D eigenvalue weighted by atomic mass is 10.4. The number of esters is 1. The van der Waals surface area contributed by atoms with Crippen molar-refractivity contribution in [2.75, 3.05) is 13.1 Å². The first-order chi connectivity index (χ1) is 8.11. The Bertz CT molecular complexity index is 273. The van der Waals surface area contributed by atoms with Crippen LogP contribution in [0, 0.1) is 0 Å². The lowest BCUT2D eigenvalue weighted by Crippen LogP contribution is -2.38. The molecule has 0 aromatic carbocycles. The van der Waals surface area contributed by atoms with Crippen molar-refractivity contribution >= 4 is 11.9 Å². The van der Waals surface area contributed by atoms with Crippen LogP contribution in [0.5, 0.6) is 0 Å². The van der Waals surface area contributed by atoms with Crippen LogP contribution in [0.4, 0.5) is 0 Å². The molecule has 0 unspecified atom stereocenters. The van der Waals surface area contributed by atoms with Crippen molar-refractivity contribution in [1.29, 1.82) is 0 Å². The third-order valence-corrected chi connectivity index (χ3v) is 2.22. The molecule has 0 spiro atoms. The quantitative estimate of drug-likeness (QED) is 0.414. The predicted octanol–water partition coefficient (Wildman–Crippen LogP) is 1.05. The summed E-state index contributed by atoms with van der Waals surface area (Å²) >= 11 is 0. The fourth-order valence-electron chi connectivity index (χ4n) is 1.32. The second-order valence-electron chi connectivity index (χ2n) is 4.47. The Labute approximate surface area is 103 Å². The minimum absolute atomic E-state index is 0.0516. The van der Waals surface area contributed by atoms with E-state index >= 15 is 0 Å². The summed E-state index contributed by atoms with van der Waals surface area (Å²) in [6, 6.07) is 0.565. The molecule has 17 heavy (non-hydrogen) atoms. The van der Waals surface area contributed by atoms with Gasteiger partial charge >= 0.3 is 5.97 Å². The molecule has 0 saturated heterocycles. The van der Waals surface area contributed by atoms with Crippen LogP contribution in [-0.4, -0.2) is 37.2 Å². The maximum atomic E-state index is 11.3. The summed E-state index contributed by atoms with van der Waals surface area (Å²) in [5.41, 5.74) is 0. The summed E-state index contributed by atoms with van der Waals surface area (Å²) in [4.78, 5) is 15.6. The highest BCUT2D eigenvalue weighted by atomic mass is 16.5. The Morgan fingerprint density at radius 2 is 2.18 bits per heavy atom. The monoisotopic (exact) mass is 241 g/mol. The minimum Gasteiger partial charge on any atom is -0.463 e. The highest BCUT2D eigenvalue weighted by molar-refractivity contribution is 5.80. The predicted molar refractivity (Wildman–Crippen MR) is 68.0 cm³/mol. The van der Waals surface area contributed by atoms with E-state index in [-0.39, 0.29) is 12.1 Å². The van der Waals surface area contributed by atoms with Gasteiger partial charge in [0.2, 0.25) is 0 Å². The standard InChI is InChI=1S/C12H23N3O2/c1-4-13-12(15-10-5-6-10)14-8-7-11(16)17-9(2)3/h9-10H,4-8H2,1-3H3,(H2,13,14,15). The fraction of sp³-hybridized carbons (Fsp3) is 0.833. The van der Waals surface area contributed by atoms with Crippen LogP contribution >= 0.6 is 0 Å². The van der Waals surface area contributed by atoms with Crippen LogP contribution < -0.4 is 10.6 Å². The second-order valence-corrected chi connectivity index (χ2v) is 4.47. The van der Waals surface area contributed by atoms with Crippen LogP contribution in [0.1, 0.15) is 40.0 Å². The molecule has 5 heteroatoms. The van der Waals surface area contributed by atoms with Gasteiger partial charge < -0.3 is 15.4 Å². The lowest BCUT2D eigenvalue weighted by molar-refractivity contribution is -0.147. The molecule has 0 amide bonds. The Hall–Kier alpha value is -1.26. The van der Waals surface area contributed by atoms with Crippen LogP contribution in [0.3, 0.4) is 0 Å². The zero-order valence-electron chi connectivity index (χ0n) is 11.0. The molecular weight excluding hydrogens is 218 g/mol. The molecule has 1 aliphatic rings. The van der Waals surface area contributed by atoms with E-state index in [0.717, 1.165) is 12.5 Å². The first-order valence-corrected chi connectivity index (χ1v) is 6.36. The van der Waals surface area contributed by atoms with Crippen molar-refractivity contribution in [1.82, 2.24) is 10.6 Å². The average molecular weight is 241 g/mol. The van der Waals surface area contributed by atoms with Crippen molar-refractivity contribution in [2.45, 2.75) is 52.2 Å². The van der Waals surface area contributed by atoms with Crippen molar-refractivity contribution in [2.24, 2.45) is 4.99 Å². The second kappa shape index (κ2) is 7.14. The largest absolute Gasteiger partial charge is 0.463 e. The molecular formula is C12H23N3O2. The van der Waals surface area contributed by atoms with Gasteiger partial charge in [-0.2, -0.15) is 0 Å². The van der Waals surface area contributed by atoms with E-state index in [1.807, 2.05) is 20.8 Å². The van der Waals surface area contributed by atoms with Gasteiger partial charge in [-0.3, -0.25) is 9.79 Å². The molecule has 0 bridgehead atoms. The molecule has 0 aromatic rings. The fourth-order valence-corrected chi connectivity index (χ4v) is 1.32. The summed E-state index contributed by atoms with van der Waals surface area (Å²) < 4.78 is 5.04. The number of nitrogens with zero attached hydrogens (tertiary/aromatic N) is 1. The molecule has 1 fully saturated rings. The highest BCUT2D eigenvalue weighted by Gasteiger charge is 2.22. The van der Waals surface area contributed by atoms with E-state index in [9.17, 15) is 4.79 Å². The third kappa shape index (κ3) is 6.81. The molecule has 0 heterocycles. The van der Waals surface area contributed by atoms with E-state index < -0.39 is 0 Å². The van der Waals surface area contributed by atoms with Crippen molar-refractivity contribution in [3.05, 3.63) is 0 Å². The summed E-state index contributed by atoms with van der Waals surface area (Å²) in [5.74, 6) is 0.610. The number of nitrogens with one attached hydrogen (secondary N) is 2. The van der Waals surface area contributed by atoms with Crippen molar-refractivity contribution in [3.8, 4) is 0 Å². The van der Waals surface area contributed by atoms with Gasteiger partial charge in [0.15, 0.2) is 5.96 Å². The third-order valence-electron chi connectivity index (χ3n) is 2.22. The average Bonchev–Trinajstić information content (AvgIpc) is 3.00. The maximum Gasteiger partial charge on any atom is 0.307 e. The van der Waals surface area contributed by atoms with Crippen LogP contribution in [-0.2, 0) is 9.53 Å². The van der Waals surface area contributed by atoms with Gasteiger partial charge in [0.1, 0.15) is 0 Å². The van der Waals surface area contributed by atoms with Crippen LogP contribution in [0.2, 0.25) is 0 Å². The number of hydrogen-bond acceptors (Lipinski definition) is 3. The molecule has 2 N–H and O–H groups in total. The zero-order valence-corrected chi connectivity index (χ0v) is 11.0. The number of rotatable bonds is 6. The van der Waals surface area contributed by atoms with Gasteiger partial charge in [-0.05, 0) is 33.6 Å². The lowest BCUT2D eigenvalue weighted by Gasteiger charge is -2.10. The summed E-state index contributed by atoms with van der Waals surface area (Å²) in [5, 5.41) is 6.45. The summed E-state index contributed by atoms with van der Waals surface area (Å²) in [6.07, 6.45) is 2.70. The highest BCUT2D eigenvalue weighted by Crippen LogP contribution is 2.18. The molecule has 1 aliphatic carbocycles. The normalized spacial score (nSPS) is 15.9. The number of carbonyl (C=O) groups excluding carboxylic acids is 1. The van der Waals surface area contributed by atoms with Crippen molar-refractivity contribution in [3.63, 3.8) is 0 Å². The molecule has 5 nitrogen and oxygen atoms in total. The van der Waals surface area contributed by atoms with Gasteiger partial charge in [-0.25, -0.2) is 0 Å². The molecule has 0 aliphatic heterocycles. The van der Waals surface area contributed by atoms with E-state index in [4.69, 9.17) is 4.74 Å². The molecule has 0 atom stereocenters. The Morgan fingerprint density at radius 3 is 2.71 bits per heavy atom. The summed E-state index contributed by atoms with van der Waals surface area (Å²) in [6.45, 7) is 7.01. The van der Waals surface area contributed by atoms with Crippen molar-refractivity contribution < 1.29 is 9.53 Å². The Morgan fingerprint density at radius 1 is 1.47 bits per heavy atom. The number of aliphatic imine (C=N–C) groups is 1. The van der Waals surface area contributed by atoms with Gasteiger partial charge in [0.05, 0.1) is 19.1 Å². The van der Waals surface area contributed by atoms with Gasteiger partial charge in [-0.1, -0.05) is 0 Å². The molecule has 98 valence electrons. The van der Waals surface area contributed by atoms with E-state index in [2.05, 4.69) is 15.6 Å². The van der Waals surface area contributed by atoms with E-state index in [0.29, 0.717) is 19.0 Å². The number of hydrogen-bond donors (Lipinski definition) is 2. The zero-order chi connectivity index (χ0) is 12.7. The topological polar surface area (TPSA) is 62.7 Å². The van der Waals surface area contributed by atoms with Gasteiger partial charge in [0, 0.05) is 12.6 Å². The van der Waals surface area contributed by atoms with Crippen LogP contribution in [0.25, 0.3) is 0 Å². The van der Waals surface area contributed by atoms with Gasteiger partial charge in [0.25, 0.3) is 0 Å². The maximum absolute atomic E-state index is 11.3. The smallest absolute Gasteiger partial charge is 0.307 e. The Kier molecular flexibility index (Phi) is 5.80. The molecule has 1 rings (SSSR count). The first kappa shape index (κ1) is 13.8. The number of guanidine groups is 1. The van der Waals surface area contributed by atoms with E-state index in [1.54, 1.807) is 0 Å². The molecule has 0 radical (unpaired) electrons. The van der Waals surface area contributed by atoms with E-state index in [1.165, 1.54) is 12.8 Å². The first-order valence-electron chi connectivity index (χ1n) is 6.36. The summed E-state index contributed by atoms with van der Waals surface area (Å²) in [7, 11) is 0. The molecule has 1 saturated carbocycles. The number of carbonyl (C=O) groups is 1. The van der Waals surface area contributed by atoms with Crippen LogP contribution in [0.15, 0.2) is 4.99 Å². The number of ether oxygens (including phenoxy) is 1. The SMILES string of the molecule is CCNC(=NCCC(=O)OC(C)C)NC1CC1.